The predicted molar refractivity (Wildman–Crippen MR) is 126 cm³/mol. The minimum atomic E-state index is -1.62. The van der Waals surface area contributed by atoms with Crippen molar-refractivity contribution < 1.29 is 39.8 Å². The topological polar surface area (TPSA) is 137 Å². The van der Waals surface area contributed by atoms with Crippen molar-refractivity contribution in [3.8, 4) is 28.7 Å². The number of carbonyl (C=O) groups is 1. The number of benzene rings is 2. The van der Waals surface area contributed by atoms with Crippen molar-refractivity contribution in [2.75, 3.05) is 7.11 Å². The van der Waals surface area contributed by atoms with E-state index in [1.165, 1.54) is 31.4 Å². The molecule has 1 heterocycles. The summed E-state index contributed by atoms with van der Waals surface area (Å²) in [5, 5.41) is 51.6. The Morgan fingerprint density at radius 2 is 1.91 bits per heavy atom. The first kappa shape index (κ1) is 25.1. The van der Waals surface area contributed by atoms with Crippen molar-refractivity contribution >= 4 is 5.78 Å². The van der Waals surface area contributed by atoms with Crippen LogP contribution >= 0.6 is 0 Å². The van der Waals surface area contributed by atoms with Gasteiger partial charge in [0, 0.05) is 11.6 Å². The zero-order chi connectivity index (χ0) is 25.2. The minimum absolute atomic E-state index is 0.0589. The van der Waals surface area contributed by atoms with Gasteiger partial charge in [-0.2, -0.15) is 0 Å². The number of ketones is 1. The quantitative estimate of drug-likeness (QED) is 0.369. The highest BCUT2D eigenvalue weighted by atomic mass is 16.5. The van der Waals surface area contributed by atoms with E-state index >= 15 is 0 Å². The van der Waals surface area contributed by atoms with E-state index in [0.29, 0.717) is 24.0 Å². The Labute approximate surface area is 198 Å². The molecular weight excluding hydrogens is 440 g/mol. The third-order valence-corrected chi connectivity index (χ3v) is 5.97. The maximum Gasteiger partial charge on any atom is 0.202 e. The van der Waals surface area contributed by atoms with Gasteiger partial charge in [0.05, 0.1) is 13.2 Å². The molecule has 1 aliphatic rings. The third-order valence-electron chi connectivity index (χ3n) is 5.97. The predicted octanol–water partition coefficient (Wildman–Crippen LogP) is 3.70. The molecule has 0 aromatic heterocycles. The number of phenolic OH excluding ortho intramolecular Hbond substituents is 3. The molecule has 0 saturated carbocycles. The molecule has 0 aliphatic carbocycles. The first-order valence-electron chi connectivity index (χ1n) is 10.9. The Balaban J connectivity index is 1.87. The van der Waals surface area contributed by atoms with Gasteiger partial charge in [0.2, 0.25) is 5.78 Å². The number of ether oxygens (including phenoxy) is 2. The summed E-state index contributed by atoms with van der Waals surface area (Å²) in [5.74, 6) is -1.48. The molecule has 3 rings (SSSR count). The molecule has 8 heteroatoms. The number of fused-ring (bicyclic) bond motifs is 1. The van der Waals surface area contributed by atoms with Crippen LogP contribution < -0.4 is 9.47 Å². The van der Waals surface area contributed by atoms with Crippen LogP contribution in [-0.4, -0.2) is 50.6 Å². The van der Waals surface area contributed by atoms with Crippen molar-refractivity contribution in [2.24, 2.45) is 0 Å². The molecular formula is C26H30O8. The highest BCUT2D eigenvalue weighted by Crippen LogP contribution is 2.45. The Bertz CT molecular complexity index is 1130. The van der Waals surface area contributed by atoms with Crippen LogP contribution in [-0.2, 0) is 6.42 Å². The van der Waals surface area contributed by atoms with Crippen LogP contribution in [0.3, 0.4) is 0 Å². The summed E-state index contributed by atoms with van der Waals surface area (Å²) in [7, 11) is 1.37. The molecule has 8 nitrogen and oxygen atoms in total. The van der Waals surface area contributed by atoms with E-state index in [1.807, 2.05) is 6.92 Å². The zero-order valence-corrected chi connectivity index (χ0v) is 19.4. The lowest BCUT2D eigenvalue weighted by Gasteiger charge is -2.31. The van der Waals surface area contributed by atoms with E-state index in [9.17, 15) is 30.3 Å². The molecule has 0 saturated heterocycles. The number of aromatic hydroxyl groups is 3. The first-order chi connectivity index (χ1) is 16.0. The summed E-state index contributed by atoms with van der Waals surface area (Å²) in [6.45, 7) is 7.34. The lowest BCUT2D eigenvalue weighted by molar-refractivity contribution is 0.0209. The SMILES string of the molecule is C=C(C)[C@H](O)CC/C(C)=C/Cc1c(O)cc2c(c1O)C(=O)[C@H](O)[C@@H](c1ccc(O)c(OC)c1)O2. The number of hydrogen-bond donors (Lipinski definition) is 5. The zero-order valence-electron chi connectivity index (χ0n) is 19.4. The molecule has 0 unspecified atom stereocenters. The molecule has 182 valence electrons. The number of rotatable bonds is 8. The summed E-state index contributed by atoms with van der Waals surface area (Å²) in [6.07, 6.45) is -0.316. The largest absolute Gasteiger partial charge is 0.507 e. The summed E-state index contributed by atoms with van der Waals surface area (Å²) in [5.41, 5.74) is 1.91. The van der Waals surface area contributed by atoms with Crippen LogP contribution in [0.4, 0.5) is 0 Å². The number of Topliss-reactive ketones (excluding diaryl/α,β-unsaturated/α-hetero) is 1. The van der Waals surface area contributed by atoms with E-state index in [-0.39, 0.29) is 40.5 Å². The Morgan fingerprint density at radius 3 is 2.56 bits per heavy atom. The van der Waals surface area contributed by atoms with Gasteiger partial charge in [0.25, 0.3) is 0 Å². The molecule has 1 aliphatic heterocycles. The Morgan fingerprint density at radius 1 is 1.21 bits per heavy atom. The van der Waals surface area contributed by atoms with Crippen molar-refractivity contribution in [3.05, 3.63) is 64.8 Å². The van der Waals surface area contributed by atoms with E-state index in [1.54, 1.807) is 13.0 Å². The first-order valence-corrected chi connectivity index (χ1v) is 10.9. The highest BCUT2D eigenvalue weighted by Gasteiger charge is 2.40. The van der Waals surface area contributed by atoms with Crippen molar-refractivity contribution in [1.82, 2.24) is 0 Å². The van der Waals surface area contributed by atoms with Gasteiger partial charge in [-0.25, -0.2) is 0 Å². The van der Waals surface area contributed by atoms with Crippen molar-refractivity contribution in [1.29, 1.82) is 0 Å². The van der Waals surface area contributed by atoms with Gasteiger partial charge in [-0.1, -0.05) is 29.9 Å². The second-order valence-corrected chi connectivity index (χ2v) is 8.53. The van der Waals surface area contributed by atoms with Crippen molar-refractivity contribution in [3.63, 3.8) is 0 Å². The molecule has 0 fully saturated rings. The third kappa shape index (κ3) is 5.03. The van der Waals surface area contributed by atoms with Crippen LogP contribution in [0, 0.1) is 0 Å². The molecule has 0 radical (unpaired) electrons. The van der Waals surface area contributed by atoms with E-state index in [4.69, 9.17) is 9.47 Å². The monoisotopic (exact) mass is 470 g/mol. The molecule has 0 bridgehead atoms. The van der Waals surface area contributed by atoms with Gasteiger partial charge in [0.15, 0.2) is 23.7 Å². The lowest BCUT2D eigenvalue weighted by atomic mass is 9.90. The fraction of sp³-hybridized carbons (Fsp3) is 0.346. The maximum atomic E-state index is 13.0. The molecule has 2 aromatic rings. The number of methoxy groups -OCH3 is 1. The average molecular weight is 471 g/mol. The Kier molecular flexibility index (Phi) is 7.54. The van der Waals surface area contributed by atoms with Crippen LogP contribution in [0.25, 0.3) is 0 Å². The number of aliphatic hydroxyl groups is 2. The summed E-state index contributed by atoms with van der Waals surface area (Å²) < 4.78 is 10.9. The van der Waals surface area contributed by atoms with E-state index < -0.39 is 29.8 Å². The Hall–Kier alpha value is -3.49. The van der Waals surface area contributed by atoms with Gasteiger partial charge in [-0.15, -0.1) is 0 Å². The summed E-state index contributed by atoms with van der Waals surface area (Å²) in [6, 6.07) is 5.52. The second-order valence-electron chi connectivity index (χ2n) is 8.53. The minimum Gasteiger partial charge on any atom is -0.507 e. The molecule has 0 amide bonds. The smallest absolute Gasteiger partial charge is 0.202 e. The fourth-order valence-electron chi connectivity index (χ4n) is 3.80. The second kappa shape index (κ2) is 10.2. The van der Waals surface area contributed by atoms with Gasteiger partial charge in [-0.3, -0.25) is 4.79 Å². The molecule has 3 atom stereocenters. The van der Waals surface area contributed by atoms with E-state index in [2.05, 4.69) is 6.58 Å². The van der Waals surface area contributed by atoms with Crippen LogP contribution in [0.5, 0.6) is 28.7 Å². The van der Waals surface area contributed by atoms with Crippen molar-refractivity contribution in [2.45, 2.75) is 51.4 Å². The van der Waals surface area contributed by atoms with Crippen LogP contribution in [0.1, 0.15) is 54.3 Å². The van der Waals surface area contributed by atoms with Gasteiger partial charge >= 0.3 is 0 Å². The van der Waals surface area contributed by atoms with Crippen LogP contribution in [0.2, 0.25) is 0 Å². The maximum absolute atomic E-state index is 13.0. The number of hydrogen-bond acceptors (Lipinski definition) is 8. The molecule has 0 spiro atoms. The van der Waals surface area contributed by atoms with Gasteiger partial charge in [0.1, 0.15) is 22.8 Å². The lowest BCUT2D eigenvalue weighted by Crippen LogP contribution is -2.36. The standard InChI is InChI=1S/C26H30O8/c1-13(2)17(27)9-6-14(3)5-8-16-19(29)12-21-22(23(16)30)24(31)25(32)26(34-21)15-7-10-18(28)20(11-15)33-4/h5,7,10-12,17,25-30,32H,1,6,8-9H2,2-4H3/b14-5+/t17-,25+,26-/m1/s1. The average Bonchev–Trinajstić information content (AvgIpc) is 2.79. The normalized spacial score (nSPS) is 18.7. The van der Waals surface area contributed by atoms with E-state index in [0.717, 1.165) is 5.57 Å². The number of allylic oxidation sites excluding steroid dienone is 2. The summed E-state index contributed by atoms with van der Waals surface area (Å²) >= 11 is 0. The van der Waals surface area contributed by atoms with Crippen LogP contribution in [0.15, 0.2) is 48.1 Å². The van der Waals surface area contributed by atoms with Gasteiger partial charge in [-0.05, 0) is 50.8 Å². The number of phenols is 3. The highest BCUT2D eigenvalue weighted by molar-refractivity contribution is 6.06. The summed E-state index contributed by atoms with van der Waals surface area (Å²) in [4.78, 5) is 13.0. The molecule has 5 N–H and O–H groups in total. The molecule has 2 aromatic carbocycles. The molecule has 34 heavy (non-hydrogen) atoms. The van der Waals surface area contributed by atoms with Gasteiger partial charge < -0.3 is 35.0 Å². The fourth-order valence-corrected chi connectivity index (χ4v) is 3.80. The number of aliphatic hydroxyl groups excluding tert-OH is 2. The number of carbonyl (C=O) groups excluding carboxylic acids is 1.